The van der Waals surface area contributed by atoms with Crippen LogP contribution in [0.1, 0.15) is 56.3 Å². The summed E-state index contributed by atoms with van der Waals surface area (Å²) < 4.78 is 2.46. The molecule has 1 unspecified atom stereocenters. The first kappa shape index (κ1) is 12.2. The van der Waals surface area contributed by atoms with Crippen molar-refractivity contribution in [1.82, 2.24) is 20.1 Å². The Morgan fingerprint density at radius 3 is 2.58 bits per heavy atom. The van der Waals surface area contributed by atoms with Crippen molar-refractivity contribution >= 4 is 11.8 Å². The Morgan fingerprint density at radius 2 is 2.00 bits per heavy atom. The Kier molecular flexibility index (Phi) is 3.07. The Balaban J connectivity index is 1.47. The fourth-order valence-electron chi connectivity index (χ4n) is 2.80. The molecule has 3 fully saturated rings. The van der Waals surface area contributed by atoms with Gasteiger partial charge in [0, 0.05) is 23.8 Å². The van der Waals surface area contributed by atoms with Crippen LogP contribution >= 0.6 is 11.8 Å². The molecule has 3 saturated carbocycles. The fraction of sp³-hybridized carbons (Fsp3) is 0.857. The Bertz CT molecular complexity index is 460. The van der Waals surface area contributed by atoms with Crippen LogP contribution in [-0.2, 0) is 0 Å². The van der Waals surface area contributed by atoms with E-state index in [1.165, 1.54) is 49.5 Å². The molecule has 0 aromatic carbocycles. The first-order chi connectivity index (χ1) is 9.36. The Morgan fingerprint density at radius 1 is 1.21 bits per heavy atom. The van der Waals surface area contributed by atoms with E-state index in [-0.39, 0.29) is 0 Å². The average Bonchev–Trinajstić information content (AvgIpc) is 3.22. The number of nitrogens with one attached hydrogen (secondary N) is 1. The molecule has 1 aromatic heterocycles. The first-order valence-corrected chi connectivity index (χ1v) is 8.60. The molecule has 3 aliphatic carbocycles. The Labute approximate surface area is 118 Å². The molecule has 3 aliphatic rings. The van der Waals surface area contributed by atoms with Crippen molar-refractivity contribution in [2.45, 2.75) is 61.7 Å². The van der Waals surface area contributed by atoms with Crippen molar-refractivity contribution in [3.63, 3.8) is 0 Å². The second-order valence-electron chi connectivity index (χ2n) is 6.26. The van der Waals surface area contributed by atoms with E-state index in [0.29, 0.717) is 18.0 Å². The van der Waals surface area contributed by atoms with Gasteiger partial charge >= 0.3 is 0 Å². The third-order valence-corrected chi connectivity index (χ3v) is 5.56. The molecular weight excluding hydrogens is 256 g/mol. The largest absolute Gasteiger partial charge is 0.316 e. The zero-order chi connectivity index (χ0) is 12.8. The molecule has 0 bridgehead atoms. The van der Waals surface area contributed by atoms with Gasteiger partial charge in [0.25, 0.3) is 0 Å². The highest BCUT2D eigenvalue weighted by Crippen LogP contribution is 2.46. The predicted molar refractivity (Wildman–Crippen MR) is 76.6 cm³/mol. The topological polar surface area (TPSA) is 42.7 Å². The minimum Gasteiger partial charge on any atom is -0.316 e. The summed E-state index contributed by atoms with van der Waals surface area (Å²) in [5.41, 5.74) is 0. The standard InChI is InChI=1S/C14H22N4S/c1-15-12(9-2-3-9)8-19-14-17-16-13(10-4-5-10)18(14)11-6-7-11/h9-12,15H,2-8H2,1H3. The molecule has 5 heteroatoms. The third kappa shape index (κ3) is 2.55. The van der Waals surface area contributed by atoms with E-state index in [2.05, 4.69) is 27.1 Å². The molecule has 1 atom stereocenters. The van der Waals surface area contributed by atoms with Crippen LogP contribution in [0.15, 0.2) is 5.16 Å². The number of thioether (sulfide) groups is 1. The molecule has 1 N–H and O–H groups in total. The van der Waals surface area contributed by atoms with Crippen LogP contribution in [0.25, 0.3) is 0 Å². The molecule has 1 heterocycles. The monoisotopic (exact) mass is 278 g/mol. The molecule has 104 valence electrons. The van der Waals surface area contributed by atoms with Crippen LogP contribution in [0.2, 0.25) is 0 Å². The summed E-state index contributed by atoms with van der Waals surface area (Å²) in [6.45, 7) is 0. The lowest BCUT2D eigenvalue weighted by molar-refractivity contribution is 0.551. The third-order valence-electron chi connectivity index (χ3n) is 4.50. The van der Waals surface area contributed by atoms with Gasteiger partial charge < -0.3 is 9.88 Å². The normalized spacial score (nSPS) is 24.7. The van der Waals surface area contributed by atoms with E-state index in [1.54, 1.807) is 0 Å². The summed E-state index contributed by atoms with van der Waals surface area (Å²) in [7, 11) is 2.09. The van der Waals surface area contributed by atoms with E-state index in [1.807, 2.05) is 11.8 Å². The summed E-state index contributed by atoms with van der Waals surface area (Å²) in [6.07, 6.45) is 8.07. The minimum absolute atomic E-state index is 0.652. The molecule has 4 rings (SSSR count). The summed E-state index contributed by atoms with van der Waals surface area (Å²) >= 11 is 1.91. The quantitative estimate of drug-likeness (QED) is 0.779. The zero-order valence-corrected chi connectivity index (χ0v) is 12.3. The summed E-state index contributed by atoms with van der Waals surface area (Å²) in [5, 5.41) is 13.6. The molecular formula is C14H22N4S. The number of nitrogens with zero attached hydrogens (tertiary/aromatic N) is 3. The van der Waals surface area contributed by atoms with Crippen LogP contribution < -0.4 is 5.32 Å². The van der Waals surface area contributed by atoms with Gasteiger partial charge in [-0.15, -0.1) is 10.2 Å². The van der Waals surface area contributed by atoms with Crippen molar-refractivity contribution < 1.29 is 0 Å². The number of aromatic nitrogens is 3. The van der Waals surface area contributed by atoms with Crippen molar-refractivity contribution in [3.8, 4) is 0 Å². The van der Waals surface area contributed by atoms with Gasteiger partial charge in [0.05, 0.1) is 0 Å². The minimum atomic E-state index is 0.652. The maximum atomic E-state index is 4.48. The number of hydrogen-bond donors (Lipinski definition) is 1. The maximum Gasteiger partial charge on any atom is 0.191 e. The lowest BCUT2D eigenvalue weighted by Gasteiger charge is -2.15. The van der Waals surface area contributed by atoms with Gasteiger partial charge in [0.15, 0.2) is 5.16 Å². The maximum absolute atomic E-state index is 4.48. The van der Waals surface area contributed by atoms with Crippen molar-refractivity contribution in [2.24, 2.45) is 5.92 Å². The lowest BCUT2D eigenvalue weighted by Crippen LogP contribution is -2.29. The van der Waals surface area contributed by atoms with Crippen LogP contribution in [0.5, 0.6) is 0 Å². The Hall–Kier alpha value is -0.550. The number of hydrogen-bond acceptors (Lipinski definition) is 4. The highest BCUT2D eigenvalue weighted by atomic mass is 32.2. The van der Waals surface area contributed by atoms with Crippen molar-refractivity contribution in [1.29, 1.82) is 0 Å². The van der Waals surface area contributed by atoms with Gasteiger partial charge in [0.2, 0.25) is 0 Å². The lowest BCUT2D eigenvalue weighted by atomic mass is 10.2. The molecule has 0 spiro atoms. The van der Waals surface area contributed by atoms with Crippen LogP contribution in [0.4, 0.5) is 0 Å². The van der Waals surface area contributed by atoms with E-state index >= 15 is 0 Å². The molecule has 0 amide bonds. The van der Waals surface area contributed by atoms with Crippen LogP contribution in [-0.4, -0.2) is 33.6 Å². The fourth-order valence-corrected chi connectivity index (χ4v) is 4.05. The molecule has 4 nitrogen and oxygen atoms in total. The summed E-state index contributed by atoms with van der Waals surface area (Å²) in [4.78, 5) is 0. The zero-order valence-electron chi connectivity index (χ0n) is 11.5. The van der Waals surface area contributed by atoms with Gasteiger partial charge in [-0.2, -0.15) is 0 Å². The molecule has 0 radical (unpaired) electrons. The second kappa shape index (κ2) is 4.77. The SMILES string of the molecule is CNC(CSc1nnc(C2CC2)n1C1CC1)C1CC1. The summed E-state index contributed by atoms with van der Waals surface area (Å²) in [5.74, 6) is 4.03. The number of rotatable bonds is 7. The first-order valence-electron chi connectivity index (χ1n) is 7.61. The summed E-state index contributed by atoms with van der Waals surface area (Å²) in [6, 6.07) is 1.36. The van der Waals surface area contributed by atoms with Gasteiger partial charge in [-0.05, 0) is 51.5 Å². The molecule has 0 aliphatic heterocycles. The van der Waals surface area contributed by atoms with E-state index in [9.17, 15) is 0 Å². The van der Waals surface area contributed by atoms with Crippen LogP contribution in [0.3, 0.4) is 0 Å². The highest BCUT2D eigenvalue weighted by molar-refractivity contribution is 7.99. The van der Waals surface area contributed by atoms with Gasteiger partial charge in [0.1, 0.15) is 5.82 Å². The van der Waals surface area contributed by atoms with Crippen molar-refractivity contribution in [2.75, 3.05) is 12.8 Å². The van der Waals surface area contributed by atoms with E-state index in [4.69, 9.17) is 0 Å². The van der Waals surface area contributed by atoms with Gasteiger partial charge in [-0.1, -0.05) is 11.8 Å². The van der Waals surface area contributed by atoms with E-state index < -0.39 is 0 Å². The van der Waals surface area contributed by atoms with Crippen molar-refractivity contribution in [3.05, 3.63) is 5.82 Å². The van der Waals surface area contributed by atoms with Crippen LogP contribution in [0, 0.1) is 5.92 Å². The second-order valence-corrected chi connectivity index (χ2v) is 7.25. The van der Waals surface area contributed by atoms with E-state index in [0.717, 1.165) is 11.7 Å². The smallest absolute Gasteiger partial charge is 0.191 e. The highest BCUT2D eigenvalue weighted by Gasteiger charge is 2.37. The average molecular weight is 278 g/mol. The predicted octanol–water partition coefficient (Wildman–Crippen LogP) is 2.58. The molecule has 0 saturated heterocycles. The molecule has 19 heavy (non-hydrogen) atoms. The van der Waals surface area contributed by atoms with Gasteiger partial charge in [-0.25, -0.2) is 0 Å². The van der Waals surface area contributed by atoms with Gasteiger partial charge in [-0.3, -0.25) is 0 Å². The molecule has 1 aromatic rings.